The van der Waals surface area contributed by atoms with Crippen molar-refractivity contribution in [2.75, 3.05) is 53.6 Å². The van der Waals surface area contributed by atoms with Crippen LogP contribution < -0.4 is 10.6 Å². The highest BCUT2D eigenvalue weighted by atomic mass is 16.5. The van der Waals surface area contributed by atoms with E-state index in [1.165, 1.54) is 6.42 Å². The molecule has 6 nitrogen and oxygen atoms in total. The third-order valence-corrected chi connectivity index (χ3v) is 5.59. The monoisotopic (exact) mass is 368 g/mol. The van der Waals surface area contributed by atoms with Crippen molar-refractivity contribution in [2.45, 2.75) is 58.6 Å². The van der Waals surface area contributed by atoms with E-state index in [-0.39, 0.29) is 5.41 Å². The van der Waals surface area contributed by atoms with Gasteiger partial charge in [-0.05, 0) is 31.1 Å². The van der Waals surface area contributed by atoms with E-state index in [9.17, 15) is 0 Å². The van der Waals surface area contributed by atoms with Crippen LogP contribution in [0, 0.1) is 11.3 Å². The lowest BCUT2D eigenvalue weighted by Crippen LogP contribution is -2.51. The van der Waals surface area contributed by atoms with Crippen LogP contribution in [0.15, 0.2) is 4.99 Å². The average Bonchev–Trinajstić information content (AvgIpc) is 2.64. The Kier molecular flexibility index (Phi) is 8.64. The number of methoxy groups -OCH3 is 1. The summed E-state index contributed by atoms with van der Waals surface area (Å²) >= 11 is 0. The summed E-state index contributed by atoms with van der Waals surface area (Å²) in [6.45, 7) is 12.8. The van der Waals surface area contributed by atoms with Gasteiger partial charge in [0.15, 0.2) is 5.96 Å². The molecule has 2 N–H and O–H groups in total. The van der Waals surface area contributed by atoms with Crippen LogP contribution in [0.1, 0.15) is 46.5 Å². The molecule has 0 bridgehead atoms. The molecule has 0 spiro atoms. The van der Waals surface area contributed by atoms with E-state index in [0.717, 1.165) is 64.6 Å². The fraction of sp³-hybridized carbons (Fsp3) is 0.950. The summed E-state index contributed by atoms with van der Waals surface area (Å²) in [5, 5.41) is 7.17. The summed E-state index contributed by atoms with van der Waals surface area (Å²) in [6.07, 6.45) is 5.00. The summed E-state index contributed by atoms with van der Waals surface area (Å²) in [4.78, 5) is 6.92. The summed E-state index contributed by atoms with van der Waals surface area (Å²) in [7, 11) is 3.63. The van der Waals surface area contributed by atoms with Gasteiger partial charge in [-0.3, -0.25) is 4.99 Å². The van der Waals surface area contributed by atoms with Crippen molar-refractivity contribution in [3.05, 3.63) is 0 Å². The van der Waals surface area contributed by atoms with Gasteiger partial charge in [-0.15, -0.1) is 0 Å². The lowest BCUT2D eigenvalue weighted by molar-refractivity contribution is -0.0835. The van der Waals surface area contributed by atoms with E-state index in [0.29, 0.717) is 18.1 Å². The summed E-state index contributed by atoms with van der Waals surface area (Å²) in [5.74, 6) is 1.47. The van der Waals surface area contributed by atoms with Gasteiger partial charge < -0.3 is 25.0 Å². The molecule has 0 aromatic rings. The topological polar surface area (TPSA) is 58.1 Å². The lowest BCUT2D eigenvalue weighted by atomic mass is 9.78. The number of nitrogens with one attached hydrogen (secondary N) is 2. The first kappa shape index (κ1) is 21.5. The molecule has 0 aromatic carbocycles. The number of ether oxygens (including phenoxy) is 2. The number of guanidine groups is 1. The quantitative estimate of drug-likeness (QED) is 0.555. The summed E-state index contributed by atoms with van der Waals surface area (Å²) < 4.78 is 11.3. The molecule has 0 radical (unpaired) electrons. The van der Waals surface area contributed by atoms with E-state index < -0.39 is 0 Å². The van der Waals surface area contributed by atoms with E-state index >= 15 is 0 Å². The highest BCUT2D eigenvalue weighted by molar-refractivity contribution is 5.79. The Morgan fingerprint density at radius 1 is 1.23 bits per heavy atom. The van der Waals surface area contributed by atoms with E-state index in [1.54, 1.807) is 7.11 Å². The molecule has 2 unspecified atom stereocenters. The molecule has 2 saturated heterocycles. The molecule has 0 aliphatic carbocycles. The van der Waals surface area contributed by atoms with E-state index in [1.807, 2.05) is 7.05 Å². The third-order valence-electron chi connectivity index (χ3n) is 5.59. The van der Waals surface area contributed by atoms with Crippen molar-refractivity contribution < 1.29 is 9.47 Å². The molecule has 2 rings (SSSR count). The van der Waals surface area contributed by atoms with Crippen LogP contribution >= 0.6 is 0 Å². The fourth-order valence-corrected chi connectivity index (χ4v) is 4.15. The van der Waals surface area contributed by atoms with Crippen LogP contribution in [-0.4, -0.2) is 76.6 Å². The fourth-order valence-electron chi connectivity index (χ4n) is 4.15. The van der Waals surface area contributed by atoms with Crippen molar-refractivity contribution >= 4 is 5.96 Å². The largest absolute Gasteiger partial charge is 0.383 e. The number of hydrogen-bond acceptors (Lipinski definition) is 4. The average molecular weight is 369 g/mol. The predicted molar refractivity (Wildman–Crippen MR) is 108 cm³/mol. The molecule has 0 amide bonds. The maximum Gasteiger partial charge on any atom is 0.191 e. The minimum absolute atomic E-state index is 0.179. The van der Waals surface area contributed by atoms with Gasteiger partial charge in [0, 0.05) is 58.9 Å². The minimum atomic E-state index is 0.179. The van der Waals surface area contributed by atoms with Crippen LogP contribution in [0.5, 0.6) is 0 Å². The van der Waals surface area contributed by atoms with Crippen molar-refractivity contribution in [2.24, 2.45) is 16.3 Å². The first-order valence-corrected chi connectivity index (χ1v) is 10.2. The number of nitrogens with zero attached hydrogens (tertiary/aromatic N) is 2. The highest BCUT2D eigenvalue weighted by Gasteiger charge is 2.35. The van der Waals surface area contributed by atoms with E-state index in [2.05, 4.69) is 41.3 Å². The van der Waals surface area contributed by atoms with E-state index in [4.69, 9.17) is 9.47 Å². The Labute approximate surface area is 160 Å². The molecule has 2 aliphatic rings. The van der Waals surface area contributed by atoms with Gasteiger partial charge in [-0.25, -0.2) is 0 Å². The molecule has 2 atom stereocenters. The molecule has 2 fully saturated rings. The second-order valence-corrected chi connectivity index (χ2v) is 8.77. The lowest BCUT2D eigenvalue weighted by Gasteiger charge is -2.40. The van der Waals surface area contributed by atoms with Gasteiger partial charge in [0.25, 0.3) is 0 Å². The first-order chi connectivity index (χ1) is 12.4. The minimum Gasteiger partial charge on any atom is -0.383 e. The summed E-state index contributed by atoms with van der Waals surface area (Å²) in [5.41, 5.74) is 0.179. The molecule has 0 saturated carbocycles. The second kappa shape index (κ2) is 10.5. The molecule has 6 heteroatoms. The highest BCUT2D eigenvalue weighted by Crippen LogP contribution is 2.33. The molecule has 152 valence electrons. The Bertz CT molecular complexity index is 428. The number of aliphatic imine (C=N–C) groups is 1. The first-order valence-electron chi connectivity index (χ1n) is 10.2. The van der Waals surface area contributed by atoms with Crippen LogP contribution in [0.3, 0.4) is 0 Å². The third kappa shape index (κ3) is 6.71. The van der Waals surface area contributed by atoms with Crippen LogP contribution in [0.4, 0.5) is 0 Å². The number of likely N-dealkylation sites (tertiary alicyclic amines) is 1. The molecule has 26 heavy (non-hydrogen) atoms. The van der Waals surface area contributed by atoms with Crippen molar-refractivity contribution in [3.63, 3.8) is 0 Å². The molecule has 2 heterocycles. The van der Waals surface area contributed by atoms with Gasteiger partial charge in [-0.2, -0.15) is 0 Å². The van der Waals surface area contributed by atoms with Crippen molar-refractivity contribution in [1.82, 2.24) is 15.5 Å². The second-order valence-electron chi connectivity index (χ2n) is 8.77. The normalized spacial score (nSPS) is 26.7. The summed E-state index contributed by atoms with van der Waals surface area (Å²) in [6, 6.07) is 0.501. The Morgan fingerprint density at radius 3 is 2.58 bits per heavy atom. The van der Waals surface area contributed by atoms with Gasteiger partial charge in [0.2, 0.25) is 0 Å². The maximum absolute atomic E-state index is 6.10. The van der Waals surface area contributed by atoms with Gasteiger partial charge in [-0.1, -0.05) is 20.8 Å². The smallest absolute Gasteiger partial charge is 0.191 e. The zero-order chi connectivity index (χ0) is 19.0. The predicted octanol–water partition coefficient (Wildman–Crippen LogP) is 2.10. The van der Waals surface area contributed by atoms with Gasteiger partial charge in [0.1, 0.15) is 0 Å². The standard InChI is InChI=1S/C20H40N4O2/c1-20(2,3)18-16(7-6-13-26-18)15-22-19(21-4)23-17-8-10-24(11-9-17)12-14-25-5/h16-18H,6-15H2,1-5H3,(H2,21,22,23). The van der Waals surface area contributed by atoms with Gasteiger partial charge >= 0.3 is 0 Å². The van der Waals surface area contributed by atoms with Crippen molar-refractivity contribution in [3.8, 4) is 0 Å². The number of hydrogen-bond donors (Lipinski definition) is 2. The van der Waals surface area contributed by atoms with Crippen LogP contribution in [0.2, 0.25) is 0 Å². The van der Waals surface area contributed by atoms with Crippen LogP contribution in [0.25, 0.3) is 0 Å². The molecule has 0 aromatic heterocycles. The molecule has 2 aliphatic heterocycles. The Balaban J connectivity index is 1.76. The Morgan fingerprint density at radius 2 is 1.96 bits per heavy atom. The number of piperidine rings is 1. The van der Waals surface area contributed by atoms with Crippen LogP contribution in [-0.2, 0) is 9.47 Å². The molecular formula is C20H40N4O2. The zero-order valence-corrected chi connectivity index (χ0v) is 17.5. The molecular weight excluding hydrogens is 328 g/mol. The number of rotatable bonds is 6. The van der Waals surface area contributed by atoms with Gasteiger partial charge in [0.05, 0.1) is 12.7 Å². The Hall–Kier alpha value is -0.850. The maximum atomic E-state index is 6.10. The van der Waals surface area contributed by atoms with Crippen molar-refractivity contribution in [1.29, 1.82) is 0 Å². The SMILES string of the molecule is CN=C(NCC1CCCOC1C(C)(C)C)NC1CCN(CCOC)CC1. The zero-order valence-electron chi connectivity index (χ0n) is 17.5.